The smallest absolute Gasteiger partial charge is 0.108 e. The molecular formula is C15H20N2O. The Labute approximate surface area is 108 Å². The zero-order valence-electron chi connectivity index (χ0n) is 11.0. The van der Waals surface area contributed by atoms with Crippen LogP contribution in [0.2, 0.25) is 0 Å². The number of H-pyrrole nitrogens is 1. The van der Waals surface area contributed by atoms with E-state index in [-0.39, 0.29) is 6.61 Å². The first-order chi connectivity index (χ1) is 8.69. The highest BCUT2D eigenvalue weighted by molar-refractivity contribution is 5.58. The van der Waals surface area contributed by atoms with E-state index in [1.807, 2.05) is 6.20 Å². The average Bonchev–Trinajstić information content (AvgIpc) is 2.78. The first-order valence-electron chi connectivity index (χ1n) is 6.43. The zero-order chi connectivity index (χ0) is 13.0. The Hall–Kier alpha value is -1.61. The molecule has 0 unspecified atom stereocenters. The van der Waals surface area contributed by atoms with Crippen LogP contribution >= 0.6 is 0 Å². The molecule has 0 atom stereocenters. The lowest BCUT2D eigenvalue weighted by Crippen LogP contribution is -1.94. The molecule has 2 aromatic rings. The van der Waals surface area contributed by atoms with Crippen LogP contribution in [0, 0.1) is 5.92 Å². The van der Waals surface area contributed by atoms with Crippen LogP contribution in [0.4, 0.5) is 0 Å². The first-order valence-corrected chi connectivity index (χ1v) is 6.43. The van der Waals surface area contributed by atoms with Gasteiger partial charge in [0.2, 0.25) is 0 Å². The molecule has 0 bridgehead atoms. The van der Waals surface area contributed by atoms with Gasteiger partial charge in [-0.3, -0.25) is 0 Å². The number of hydrogen-bond donors (Lipinski definition) is 2. The summed E-state index contributed by atoms with van der Waals surface area (Å²) in [6, 6.07) is 8.58. The van der Waals surface area contributed by atoms with Crippen molar-refractivity contribution in [1.29, 1.82) is 0 Å². The van der Waals surface area contributed by atoms with Gasteiger partial charge >= 0.3 is 0 Å². The highest BCUT2D eigenvalue weighted by atomic mass is 16.3. The standard InChI is InChI=1S/C15H20N2O/c1-11(2)9-12-3-5-13(6-4-12)14-10-16-15(17-14)7-8-18/h3-6,10-11,18H,7-9H2,1-2H3,(H,16,17). The molecule has 2 rings (SSSR count). The van der Waals surface area contributed by atoms with Crippen molar-refractivity contribution >= 4 is 0 Å². The molecule has 18 heavy (non-hydrogen) atoms. The minimum absolute atomic E-state index is 0.125. The number of nitrogens with one attached hydrogen (secondary N) is 1. The van der Waals surface area contributed by atoms with Crippen LogP contribution in [0.3, 0.4) is 0 Å². The van der Waals surface area contributed by atoms with E-state index in [4.69, 9.17) is 5.11 Å². The van der Waals surface area contributed by atoms with Crippen molar-refractivity contribution in [1.82, 2.24) is 9.97 Å². The van der Waals surface area contributed by atoms with Crippen LogP contribution in [0.15, 0.2) is 30.5 Å². The molecule has 0 spiro atoms. The summed E-state index contributed by atoms with van der Waals surface area (Å²) < 4.78 is 0. The maximum atomic E-state index is 8.86. The number of aromatic amines is 1. The number of rotatable bonds is 5. The molecular weight excluding hydrogens is 224 g/mol. The van der Waals surface area contributed by atoms with E-state index < -0.39 is 0 Å². The zero-order valence-corrected chi connectivity index (χ0v) is 11.0. The topological polar surface area (TPSA) is 48.9 Å². The average molecular weight is 244 g/mol. The highest BCUT2D eigenvalue weighted by Gasteiger charge is 2.03. The molecule has 2 N–H and O–H groups in total. The maximum absolute atomic E-state index is 8.86. The van der Waals surface area contributed by atoms with Gasteiger partial charge in [0.05, 0.1) is 18.5 Å². The van der Waals surface area contributed by atoms with Crippen LogP contribution in [0.25, 0.3) is 11.3 Å². The minimum Gasteiger partial charge on any atom is -0.396 e. The molecule has 0 saturated carbocycles. The van der Waals surface area contributed by atoms with Crippen LogP contribution < -0.4 is 0 Å². The largest absolute Gasteiger partial charge is 0.396 e. The van der Waals surface area contributed by atoms with E-state index in [0.717, 1.165) is 23.5 Å². The molecule has 3 heteroatoms. The van der Waals surface area contributed by atoms with E-state index in [9.17, 15) is 0 Å². The number of hydrogen-bond acceptors (Lipinski definition) is 2. The fourth-order valence-corrected chi connectivity index (χ4v) is 2.03. The lowest BCUT2D eigenvalue weighted by Gasteiger charge is -2.05. The third-order valence-electron chi connectivity index (χ3n) is 2.89. The van der Waals surface area contributed by atoms with Gasteiger partial charge in [-0.1, -0.05) is 38.1 Å². The molecule has 0 aliphatic heterocycles. The molecule has 0 amide bonds. The molecule has 96 valence electrons. The predicted octanol–water partition coefficient (Wildman–Crippen LogP) is 2.81. The van der Waals surface area contributed by atoms with Crippen LogP contribution in [-0.4, -0.2) is 21.7 Å². The summed E-state index contributed by atoms with van der Waals surface area (Å²) in [6.07, 6.45) is 3.51. The quantitative estimate of drug-likeness (QED) is 0.849. The van der Waals surface area contributed by atoms with E-state index in [1.54, 1.807) is 0 Å². The molecule has 0 aliphatic carbocycles. The summed E-state index contributed by atoms with van der Waals surface area (Å²) in [4.78, 5) is 7.46. The fourth-order valence-electron chi connectivity index (χ4n) is 2.03. The molecule has 1 aromatic heterocycles. The van der Waals surface area contributed by atoms with Gasteiger partial charge in [0.15, 0.2) is 0 Å². The summed E-state index contributed by atoms with van der Waals surface area (Å²) in [5, 5.41) is 8.86. The lowest BCUT2D eigenvalue weighted by atomic mass is 10.0. The molecule has 0 aliphatic rings. The molecule has 3 nitrogen and oxygen atoms in total. The highest BCUT2D eigenvalue weighted by Crippen LogP contribution is 2.19. The van der Waals surface area contributed by atoms with Gasteiger partial charge in [0.25, 0.3) is 0 Å². The number of aromatic nitrogens is 2. The van der Waals surface area contributed by atoms with E-state index in [0.29, 0.717) is 12.3 Å². The molecule has 0 fully saturated rings. The van der Waals surface area contributed by atoms with Crippen LogP contribution in [0.1, 0.15) is 25.2 Å². The number of nitrogens with zero attached hydrogens (tertiary/aromatic N) is 1. The Morgan fingerprint density at radius 1 is 1.22 bits per heavy atom. The summed E-state index contributed by atoms with van der Waals surface area (Å²) in [5.74, 6) is 1.51. The van der Waals surface area contributed by atoms with Crippen molar-refractivity contribution in [2.45, 2.75) is 26.7 Å². The van der Waals surface area contributed by atoms with Crippen molar-refractivity contribution < 1.29 is 5.11 Å². The second-order valence-corrected chi connectivity index (χ2v) is 5.01. The number of imidazole rings is 1. The minimum atomic E-state index is 0.125. The fraction of sp³-hybridized carbons (Fsp3) is 0.400. The van der Waals surface area contributed by atoms with Crippen molar-refractivity contribution in [3.05, 3.63) is 41.9 Å². The second kappa shape index (κ2) is 5.83. The number of benzene rings is 1. The van der Waals surface area contributed by atoms with E-state index >= 15 is 0 Å². The predicted molar refractivity (Wildman–Crippen MR) is 73.4 cm³/mol. The Balaban J connectivity index is 2.12. The summed E-state index contributed by atoms with van der Waals surface area (Å²) in [7, 11) is 0. The van der Waals surface area contributed by atoms with Gasteiger partial charge in [-0.2, -0.15) is 0 Å². The monoisotopic (exact) mass is 244 g/mol. The Morgan fingerprint density at radius 3 is 2.56 bits per heavy atom. The van der Waals surface area contributed by atoms with Crippen molar-refractivity contribution in [2.75, 3.05) is 6.61 Å². The molecule has 0 radical (unpaired) electrons. The van der Waals surface area contributed by atoms with Gasteiger partial charge in [0, 0.05) is 6.42 Å². The summed E-state index contributed by atoms with van der Waals surface area (Å²) >= 11 is 0. The van der Waals surface area contributed by atoms with Gasteiger partial charge in [0.1, 0.15) is 5.82 Å². The first kappa shape index (κ1) is 12.8. The van der Waals surface area contributed by atoms with E-state index in [2.05, 4.69) is 48.1 Å². The van der Waals surface area contributed by atoms with Gasteiger partial charge < -0.3 is 10.1 Å². The van der Waals surface area contributed by atoms with E-state index in [1.165, 1.54) is 5.56 Å². The Kier molecular flexibility index (Phi) is 4.15. The third kappa shape index (κ3) is 3.20. The van der Waals surface area contributed by atoms with Gasteiger partial charge in [-0.25, -0.2) is 4.98 Å². The van der Waals surface area contributed by atoms with Crippen LogP contribution in [0.5, 0.6) is 0 Å². The molecule has 0 saturated heterocycles. The van der Waals surface area contributed by atoms with Gasteiger partial charge in [-0.15, -0.1) is 0 Å². The third-order valence-corrected chi connectivity index (χ3v) is 2.89. The molecule has 1 heterocycles. The van der Waals surface area contributed by atoms with Crippen molar-refractivity contribution in [2.24, 2.45) is 5.92 Å². The number of aliphatic hydroxyl groups excluding tert-OH is 1. The summed E-state index contributed by atoms with van der Waals surface area (Å²) in [5.41, 5.74) is 3.51. The number of aliphatic hydroxyl groups is 1. The maximum Gasteiger partial charge on any atom is 0.108 e. The Morgan fingerprint density at radius 2 is 1.94 bits per heavy atom. The normalized spacial score (nSPS) is 11.1. The molecule has 1 aromatic carbocycles. The lowest BCUT2D eigenvalue weighted by molar-refractivity contribution is 0.297. The van der Waals surface area contributed by atoms with Crippen molar-refractivity contribution in [3.8, 4) is 11.3 Å². The van der Waals surface area contributed by atoms with Crippen LogP contribution in [-0.2, 0) is 12.8 Å². The Bertz CT molecular complexity index is 485. The van der Waals surface area contributed by atoms with Gasteiger partial charge in [-0.05, 0) is 23.5 Å². The SMILES string of the molecule is CC(C)Cc1ccc(-c2cnc(CCO)[nH]2)cc1. The summed E-state index contributed by atoms with van der Waals surface area (Å²) in [6.45, 7) is 4.58. The van der Waals surface area contributed by atoms with Crippen molar-refractivity contribution in [3.63, 3.8) is 0 Å². The second-order valence-electron chi connectivity index (χ2n) is 5.01.